The highest BCUT2D eigenvalue weighted by molar-refractivity contribution is 5.75. The van der Waals surface area contributed by atoms with Crippen LogP contribution in [0.25, 0.3) is 0 Å². The predicted octanol–water partition coefficient (Wildman–Crippen LogP) is 7.09. The summed E-state index contributed by atoms with van der Waals surface area (Å²) in [6, 6.07) is 10.2. The minimum Gasteiger partial charge on any atom is -0.465 e. The Morgan fingerprint density at radius 1 is 0.925 bits per heavy atom. The first-order valence-electron chi connectivity index (χ1n) is 12.7. The number of halogens is 6. The van der Waals surface area contributed by atoms with Gasteiger partial charge < -0.3 is 20.1 Å². The zero-order chi connectivity index (χ0) is 30.1. The Kier molecular flexibility index (Phi) is 11.4. The lowest BCUT2D eigenvalue weighted by Gasteiger charge is -2.33. The molecule has 0 aliphatic rings. The smallest absolute Gasteiger partial charge is 0.416 e. The molecule has 2 amide bonds. The second-order valence-electron chi connectivity index (χ2n) is 10.4. The Morgan fingerprint density at radius 2 is 1.50 bits per heavy atom. The standard InChI is InChI=1S/C28H34F6N2O4/c1-26(2,3)36(25(38)39)12-8-7-11-24(37)35-16-21(20-9-5-4-6-10-20)18-40-17-19-13-22(27(29,30)31)15-23(14-19)28(32,33)34/h4-6,9-10,13-15,21H,7-8,11-12,16-18H2,1-3H3,(H,35,37)(H,38,39). The number of carboxylic acid groups (broad SMARTS) is 1. The minimum atomic E-state index is -4.95. The molecule has 0 radical (unpaired) electrons. The van der Waals surface area contributed by atoms with Gasteiger partial charge in [-0.2, -0.15) is 26.3 Å². The van der Waals surface area contributed by atoms with Crippen LogP contribution < -0.4 is 5.32 Å². The van der Waals surface area contributed by atoms with E-state index in [1.807, 2.05) is 0 Å². The molecule has 0 spiro atoms. The minimum absolute atomic E-state index is 0.0636. The van der Waals surface area contributed by atoms with Gasteiger partial charge in [-0.25, -0.2) is 4.79 Å². The Morgan fingerprint density at radius 3 is 2.00 bits per heavy atom. The summed E-state index contributed by atoms with van der Waals surface area (Å²) < 4.78 is 84.4. The number of benzene rings is 2. The monoisotopic (exact) mass is 576 g/mol. The van der Waals surface area contributed by atoms with Crippen molar-refractivity contribution in [3.05, 3.63) is 70.8 Å². The highest BCUT2D eigenvalue weighted by Gasteiger charge is 2.37. The number of nitrogens with zero attached hydrogens (tertiary/aromatic N) is 1. The molecule has 2 N–H and O–H groups in total. The molecule has 2 rings (SSSR count). The molecule has 0 heterocycles. The van der Waals surface area contributed by atoms with Crippen molar-refractivity contribution in [3.8, 4) is 0 Å². The number of hydrogen-bond donors (Lipinski definition) is 2. The van der Waals surface area contributed by atoms with Gasteiger partial charge in [0.2, 0.25) is 5.91 Å². The molecule has 12 heteroatoms. The fourth-order valence-corrected chi connectivity index (χ4v) is 4.02. The fraction of sp³-hybridized carbons (Fsp3) is 0.500. The zero-order valence-electron chi connectivity index (χ0n) is 22.5. The Hall–Kier alpha value is -3.28. The van der Waals surface area contributed by atoms with Gasteiger partial charge in [-0.15, -0.1) is 0 Å². The van der Waals surface area contributed by atoms with Gasteiger partial charge in [0.25, 0.3) is 0 Å². The van der Waals surface area contributed by atoms with Gasteiger partial charge in [0.05, 0.1) is 24.3 Å². The van der Waals surface area contributed by atoms with Crippen LogP contribution in [0.3, 0.4) is 0 Å². The third-order valence-electron chi connectivity index (χ3n) is 6.13. The normalized spacial score (nSPS) is 13.1. The summed E-state index contributed by atoms with van der Waals surface area (Å²) in [5.74, 6) is -0.687. The third-order valence-corrected chi connectivity index (χ3v) is 6.13. The topological polar surface area (TPSA) is 78.9 Å². The van der Waals surface area contributed by atoms with Crippen LogP contribution in [0.2, 0.25) is 0 Å². The summed E-state index contributed by atoms with van der Waals surface area (Å²) in [5, 5.41) is 12.1. The largest absolute Gasteiger partial charge is 0.465 e. The van der Waals surface area contributed by atoms with Crippen LogP contribution in [0, 0.1) is 0 Å². The molecular weight excluding hydrogens is 542 g/mol. The van der Waals surface area contributed by atoms with Crippen molar-refractivity contribution in [1.82, 2.24) is 10.2 Å². The van der Waals surface area contributed by atoms with Crippen LogP contribution in [-0.2, 0) is 28.5 Å². The highest BCUT2D eigenvalue weighted by atomic mass is 19.4. The van der Waals surface area contributed by atoms with Crippen molar-refractivity contribution in [2.45, 2.75) is 70.4 Å². The Bertz CT molecular complexity index is 1080. The van der Waals surface area contributed by atoms with Crippen molar-refractivity contribution in [3.63, 3.8) is 0 Å². The third kappa shape index (κ3) is 10.7. The SMILES string of the molecule is CC(C)(C)N(CCCCC(=O)NCC(COCc1cc(C(F)(F)F)cc(C(F)(F)F)c1)c1ccccc1)C(=O)O. The lowest BCUT2D eigenvalue weighted by molar-refractivity contribution is -0.143. The number of alkyl halides is 6. The van der Waals surface area contributed by atoms with Gasteiger partial charge in [-0.1, -0.05) is 30.3 Å². The van der Waals surface area contributed by atoms with Gasteiger partial charge in [0, 0.05) is 31.0 Å². The van der Waals surface area contributed by atoms with E-state index in [0.717, 1.165) is 5.56 Å². The lowest BCUT2D eigenvalue weighted by Crippen LogP contribution is -2.45. The molecule has 0 aliphatic carbocycles. The van der Waals surface area contributed by atoms with Crippen LogP contribution in [-0.4, -0.2) is 47.2 Å². The maximum absolute atomic E-state index is 13.1. The molecule has 40 heavy (non-hydrogen) atoms. The quantitative estimate of drug-likeness (QED) is 0.209. The number of carbonyl (C=O) groups excluding carboxylic acids is 1. The summed E-state index contributed by atoms with van der Waals surface area (Å²) in [7, 11) is 0. The van der Waals surface area contributed by atoms with Crippen molar-refractivity contribution < 1.29 is 45.8 Å². The number of nitrogens with one attached hydrogen (secondary N) is 1. The highest BCUT2D eigenvalue weighted by Crippen LogP contribution is 2.36. The molecule has 2 aromatic carbocycles. The van der Waals surface area contributed by atoms with Crippen LogP contribution in [0.4, 0.5) is 31.1 Å². The van der Waals surface area contributed by atoms with Gasteiger partial charge in [-0.05, 0) is 62.9 Å². The first-order valence-corrected chi connectivity index (χ1v) is 12.7. The van der Waals surface area contributed by atoms with Gasteiger partial charge in [0.1, 0.15) is 0 Å². The average molecular weight is 577 g/mol. The van der Waals surface area contributed by atoms with Crippen LogP contribution >= 0.6 is 0 Å². The van der Waals surface area contributed by atoms with E-state index in [0.29, 0.717) is 25.0 Å². The number of ether oxygens (including phenoxy) is 1. The first kappa shape index (κ1) is 32.9. The van der Waals surface area contributed by atoms with Crippen molar-refractivity contribution in [2.24, 2.45) is 0 Å². The molecule has 0 saturated heterocycles. The summed E-state index contributed by atoms with van der Waals surface area (Å²) in [6.07, 6.45) is -9.85. The molecule has 1 atom stereocenters. The molecule has 0 aromatic heterocycles. The molecule has 6 nitrogen and oxygen atoms in total. The van der Waals surface area contributed by atoms with E-state index >= 15 is 0 Å². The molecule has 222 valence electrons. The molecule has 0 fully saturated rings. The molecule has 0 aliphatic heterocycles. The van der Waals surface area contributed by atoms with E-state index in [-0.39, 0.29) is 43.7 Å². The average Bonchev–Trinajstić information content (AvgIpc) is 2.84. The molecule has 0 saturated carbocycles. The summed E-state index contributed by atoms with van der Waals surface area (Å²) in [6.45, 7) is 5.19. The van der Waals surface area contributed by atoms with E-state index < -0.39 is 47.6 Å². The van der Waals surface area contributed by atoms with Crippen molar-refractivity contribution >= 4 is 12.0 Å². The van der Waals surface area contributed by atoms with Gasteiger partial charge >= 0.3 is 18.4 Å². The van der Waals surface area contributed by atoms with Gasteiger partial charge in [-0.3, -0.25) is 4.79 Å². The molecule has 1 unspecified atom stereocenters. The van der Waals surface area contributed by atoms with Crippen LogP contribution in [0.1, 0.15) is 68.2 Å². The molecular formula is C28H34F6N2O4. The van der Waals surface area contributed by atoms with E-state index in [1.54, 1.807) is 51.1 Å². The fourth-order valence-electron chi connectivity index (χ4n) is 4.02. The maximum atomic E-state index is 13.1. The Labute approximate surface area is 229 Å². The van der Waals surface area contributed by atoms with Crippen LogP contribution in [0.15, 0.2) is 48.5 Å². The van der Waals surface area contributed by atoms with E-state index in [4.69, 9.17) is 4.74 Å². The second kappa shape index (κ2) is 13.9. The zero-order valence-corrected chi connectivity index (χ0v) is 22.5. The Balaban J connectivity index is 1.98. The summed E-state index contributed by atoms with van der Waals surface area (Å²) >= 11 is 0. The summed E-state index contributed by atoms with van der Waals surface area (Å²) in [5.41, 5.74) is -2.91. The predicted molar refractivity (Wildman–Crippen MR) is 137 cm³/mol. The first-order chi connectivity index (χ1) is 18.5. The number of unbranched alkanes of at least 4 members (excludes halogenated alkanes) is 1. The summed E-state index contributed by atoms with van der Waals surface area (Å²) in [4.78, 5) is 25.1. The number of carbonyl (C=O) groups is 2. The number of rotatable bonds is 12. The lowest BCUT2D eigenvalue weighted by atomic mass is 10.00. The molecule has 0 bridgehead atoms. The number of amides is 2. The van der Waals surface area contributed by atoms with Crippen molar-refractivity contribution in [2.75, 3.05) is 19.7 Å². The van der Waals surface area contributed by atoms with Crippen molar-refractivity contribution in [1.29, 1.82) is 0 Å². The van der Waals surface area contributed by atoms with Crippen LogP contribution in [0.5, 0.6) is 0 Å². The second-order valence-corrected chi connectivity index (χ2v) is 10.4. The maximum Gasteiger partial charge on any atom is 0.416 e. The number of hydrogen-bond acceptors (Lipinski definition) is 3. The molecule has 2 aromatic rings. The van der Waals surface area contributed by atoms with Gasteiger partial charge in [0.15, 0.2) is 0 Å². The van der Waals surface area contributed by atoms with E-state index in [9.17, 15) is 41.0 Å². The van der Waals surface area contributed by atoms with E-state index in [2.05, 4.69) is 5.32 Å². The van der Waals surface area contributed by atoms with E-state index in [1.165, 1.54) is 4.90 Å².